The van der Waals surface area contributed by atoms with E-state index < -0.39 is 11.5 Å². The number of carboxylic acid groups (broad SMARTS) is 1. The van der Waals surface area contributed by atoms with Gasteiger partial charge < -0.3 is 30.5 Å². The van der Waals surface area contributed by atoms with Crippen molar-refractivity contribution >= 4 is 40.9 Å². The number of nitrogens with one attached hydrogen (secondary N) is 3. The minimum Gasteiger partial charge on any atom is -0.494 e. The van der Waals surface area contributed by atoms with Crippen molar-refractivity contribution in [1.29, 1.82) is 0 Å². The summed E-state index contributed by atoms with van der Waals surface area (Å²) < 4.78 is 13.0. The summed E-state index contributed by atoms with van der Waals surface area (Å²) in [5.41, 5.74) is 7.17. The zero-order chi connectivity index (χ0) is 46.4. The van der Waals surface area contributed by atoms with Crippen molar-refractivity contribution < 1.29 is 29.0 Å². The highest BCUT2D eigenvalue weighted by atomic mass is 35.5. The lowest BCUT2D eigenvalue weighted by molar-refractivity contribution is -0.144. The van der Waals surface area contributed by atoms with Crippen molar-refractivity contribution in [3.63, 3.8) is 0 Å². The maximum atomic E-state index is 13.2. The van der Waals surface area contributed by atoms with Crippen LogP contribution in [-0.4, -0.2) is 51.6 Å². The van der Waals surface area contributed by atoms with Gasteiger partial charge >= 0.3 is 5.97 Å². The zero-order valence-corrected chi connectivity index (χ0v) is 39.3. The highest BCUT2D eigenvalue weighted by Gasteiger charge is 2.54. The molecule has 0 saturated heterocycles. The minimum atomic E-state index is -1.12. The van der Waals surface area contributed by atoms with Crippen LogP contribution in [0.15, 0.2) is 97.3 Å². The van der Waals surface area contributed by atoms with Crippen molar-refractivity contribution in [2.45, 2.75) is 121 Å². The van der Waals surface area contributed by atoms with Gasteiger partial charge in [0.2, 0.25) is 11.8 Å². The number of hydrogen-bond acceptors (Lipinski definition) is 8. The fraction of sp³-hybridized carbons (Fsp3) is 0.426. The predicted octanol–water partition coefficient (Wildman–Crippen LogP) is 11.3. The van der Waals surface area contributed by atoms with Crippen LogP contribution in [0.3, 0.4) is 0 Å². The molecule has 8 rings (SSSR count). The van der Waals surface area contributed by atoms with E-state index in [1.54, 1.807) is 24.4 Å². The first-order valence-corrected chi connectivity index (χ1v) is 24.0. The Morgan fingerprint density at radius 2 is 1.74 bits per heavy atom. The molecule has 2 aromatic heterocycles. The Labute approximate surface area is 393 Å². The summed E-state index contributed by atoms with van der Waals surface area (Å²) in [7, 11) is 0. The number of anilines is 2. The SMILES string of the molecule is CC(=O)Nc1ccc(-c2cccc([C@H](C)NC(=O)CCCOc3ccc4c(c3)C3(CCC(Nc5cccc(Cl)c5)(C(=O)O)CC3)[C@@H](C[C@@H](C)COc3ccnc5c3[C@H](C)CCC5)C4)c2)cn1. The number of carboxylic acids is 1. The highest BCUT2D eigenvalue weighted by Crippen LogP contribution is 2.57. The van der Waals surface area contributed by atoms with Gasteiger partial charge in [-0.1, -0.05) is 55.8 Å². The summed E-state index contributed by atoms with van der Waals surface area (Å²) >= 11 is 6.33. The maximum absolute atomic E-state index is 13.2. The standard InChI is InChI=1S/C54H62ClN5O6/c1-34(33-66-48-20-25-56-47-14-5-9-35(2)51(47)48)27-42-29-40-16-18-45(31-46(40)53(42)21-23-54(24-22-53,52(63)64)60-44-13-7-12-43(55)30-44)65-26-8-15-50(62)58-36(3)38-10-6-11-39(28-38)41-17-19-49(57-32-41)59-37(4)61/h6-7,10-13,16-20,25,28,30-32,34-36,42,60H,5,8-9,14-15,21-24,26-27,29,33H2,1-4H3,(H,58,62)(H,63,64)(H,57,59,61)/t34-,35-,36+,42+,53?,54?/m1/s1. The maximum Gasteiger partial charge on any atom is 0.329 e. The molecule has 3 aromatic carbocycles. The number of rotatable bonds is 17. The van der Waals surface area contributed by atoms with Gasteiger partial charge in [0.1, 0.15) is 22.9 Å². The van der Waals surface area contributed by atoms with Crippen molar-refractivity contribution in [1.82, 2.24) is 15.3 Å². The number of ether oxygens (including phenoxy) is 2. The Hall–Kier alpha value is -5.94. The van der Waals surface area contributed by atoms with Crippen LogP contribution in [0.4, 0.5) is 11.5 Å². The normalized spacial score (nSPS) is 21.8. The number of aryl methyl sites for hydroxylation is 1. The fourth-order valence-electron chi connectivity index (χ4n) is 10.8. The molecule has 3 aliphatic rings. The van der Waals surface area contributed by atoms with Gasteiger partial charge in [-0.25, -0.2) is 9.78 Å². The summed E-state index contributed by atoms with van der Waals surface area (Å²) in [6, 6.07) is 27.2. The second kappa shape index (κ2) is 20.3. The van der Waals surface area contributed by atoms with E-state index in [4.69, 9.17) is 21.1 Å². The van der Waals surface area contributed by atoms with Gasteiger partial charge in [0.05, 0.1) is 19.3 Å². The molecule has 346 valence electrons. The number of carbonyl (C=O) groups excluding carboxylic acids is 2. The Morgan fingerprint density at radius 3 is 2.50 bits per heavy atom. The molecule has 66 heavy (non-hydrogen) atoms. The average Bonchev–Trinajstić information content (AvgIpc) is 3.58. The number of pyridine rings is 2. The molecule has 0 bridgehead atoms. The smallest absolute Gasteiger partial charge is 0.329 e. The van der Waals surface area contributed by atoms with Crippen LogP contribution in [0.1, 0.15) is 125 Å². The second-order valence-electron chi connectivity index (χ2n) is 19.0. The van der Waals surface area contributed by atoms with E-state index in [9.17, 15) is 19.5 Å². The molecule has 12 heteroatoms. The van der Waals surface area contributed by atoms with Crippen LogP contribution in [0.5, 0.6) is 11.5 Å². The third-order valence-corrected chi connectivity index (χ3v) is 14.5. The minimum absolute atomic E-state index is 0.0551. The van der Waals surface area contributed by atoms with Crippen LogP contribution in [-0.2, 0) is 32.6 Å². The first-order chi connectivity index (χ1) is 31.8. The summed E-state index contributed by atoms with van der Waals surface area (Å²) in [6.45, 7) is 8.95. The summed E-state index contributed by atoms with van der Waals surface area (Å²) in [5, 5.41) is 20.5. The number of amides is 2. The number of hydrogen-bond donors (Lipinski definition) is 4. The van der Waals surface area contributed by atoms with Crippen LogP contribution >= 0.6 is 11.6 Å². The van der Waals surface area contributed by atoms with E-state index in [1.165, 1.54) is 23.6 Å². The Kier molecular flexibility index (Phi) is 14.3. The van der Waals surface area contributed by atoms with Crippen LogP contribution in [0.25, 0.3) is 11.1 Å². The van der Waals surface area contributed by atoms with Gasteiger partial charge in [-0.05, 0) is 171 Å². The van der Waals surface area contributed by atoms with Gasteiger partial charge in [-0.3, -0.25) is 14.6 Å². The third kappa shape index (κ3) is 10.5. The van der Waals surface area contributed by atoms with Gasteiger partial charge in [0.15, 0.2) is 0 Å². The van der Waals surface area contributed by atoms with E-state index in [2.05, 4.69) is 51.9 Å². The van der Waals surface area contributed by atoms with E-state index in [0.29, 0.717) is 80.1 Å². The number of benzene rings is 3. The molecule has 1 spiro atoms. The quantitative estimate of drug-likeness (QED) is 0.0668. The number of nitrogens with zero attached hydrogens (tertiary/aromatic N) is 2. The lowest BCUT2D eigenvalue weighted by Gasteiger charge is -2.47. The molecule has 11 nitrogen and oxygen atoms in total. The van der Waals surface area contributed by atoms with Crippen molar-refractivity contribution in [3.05, 3.63) is 130 Å². The summed E-state index contributed by atoms with van der Waals surface area (Å²) in [6.07, 6.45) is 11.9. The first-order valence-electron chi connectivity index (χ1n) is 23.6. The van der Waals surface area contributed by atoms with E-state index in [-0.39, 0.29) is 29.2 Å². The van der Waals surface area contributed by atoms with Gasteiger partial charge in [-0.2, -0.15) is 0 Å². The van der Waals surface area contributed by atoms with Crippen LogP contribution in [0, 0.1) is 11.8 Å². The molecule has 0 aliphatic heterocycles. The lowest BCUT2D eigenvalue weighted by atomic mass is 9.59. The average molecular weight is 913 g/mol. The highest BCUT2D eigenvalue weighted by molar-refractivity contribution is 6.30. The topological polar surface area (TPSA) is 152 Å². The predicted molar refractivity (Wildman–Crippen MR) is 259 cm³/mol. The molecule has 4 atom stereocenters. The van der Waals surface area contributed by atoms with E-state index >= 15 is 0 Å². The van der Waals surface area contributed by atoms with Gasteiger partial charge in [0.25, 0.3) is 0 Å². The molecular formula is C54H62ClN5O6. The summed E-state index contributed by atoms with van der Waals surface area (Å²) in [5.74, 6) is 2.12. The lowest BCUT2D eigenvalue weighted by Crippen LogP contribution is -2.53. The first kappa shape index (κ1) is 46.6. The van der Waals surface area contributed by atoms with E-state index in [0.717, 1.165) is 66.0 Å². The number of fused-ring (bicyclic) bond motifs is 3. The van der Waals surface area contributed by atoms with Crippen LogP contribution in [0.2, 0.25) is 5.02 Å². The molecule has 1 saturated carbocycles. The molecule has 2 amide bonds. The monoisotopic (exact) mass is 911 g/mol. The number of carbonyl (C=O) groups is 3. The molecule has 5 aromatic rings. The molecule has 0 radical (unpaired) electrons. The number of aromatic nitrogens is 2. The summed E-state index contributed by atoms with van der Waals surface area (Å²) in [4.78, 5) is 46.7. The zero-order valence-electron chi connectivity index (χ0n) is 38.5. The van der Waals surface area contributed by atoms with E-state index in [1.807, 2.05) is 67.7 Å². The Morgan fingerprint density at radius 1 is 0.924 bits per heavy atom. The molecular weight excluding hydrogens is 850 g/mol. The number of halogens is 1. The van der Waals surface area contributed by atoms with Crippen LogP contribution < -0.4 is 25.4 Å². The van der Waals surface area contributed by atoms with Crippen molar-refractivity contribution in [2.24, 2.45) is 11.8 Å². The van der Waals surface area contributed by atoms with Gasteiger partial charge in [0, 0.05) is 53.3 Å². The number of aliphatic carboxylic acids is 1. The van der Waals surface area contributed by atoms with Crippen molar-refractivity contribution in [2.75, 3.05) is 23.8 Å². The van der Waals surface area contributed by atoms with Gasteiger partial charge in [-0.15, -0.1) is 0 Å². The second-order valence-corrected chi connectivity index (χ2v) is 19.4. The Bertz CT molecular complexity index is 2540. The molecule has 3 aliphatic carbocycles. The van der Waals surface area contributed by atoms with Crippen molar-refractivity contribution in [3.8, 4) is 22.6 Å². The molecule has 1 fully saturated rings. The molecule has 4 N–H and O–H groups in total. The third-order valence-electron chi connectivity index (χ3n) is 14.2. The fourth-order valence-corrected chi connectivity index (χ4v) is 11.0. The Balaban J connectivity index is 0.919. The largest absolute Gasteiger partial charge is 0.494 e. The molecule has 2 heterocycles. The molecule has 0 unspecified atom stereocenters.